The van der Waals surface area contributed by atoms with Crippen LogP contribution in [0.15, 0.2) is 30.3 Å². The van der Waals surface area contributed by atoms with Crippen molar-refractivity contribution in [1.29, 1.82) is 5.26 Å². The second-order valence-electron chi connectivity index (χ2n) is 5.51. The Kier molecular flexibility index (Phi) is 4.47. The fraction of sp³-hybridized carbons (Fsp3) is 0.500. The summed E-state index contributed by atoms with van der Waals surface area (Å²) in [7, 11) is 0. The van der Waals surface area contributed by atoms with Gasteiger partial charge in [0.15, 0.2) is 0 Å². The van der Waals surface area contributed by atoms with E-state index in [4.69, 9.17) is 5.26 Å². The lowest BCUT2D eigenvalue weighted by molar-refractivity contribution is -0.130. The number of nitrogens with one attached hydrogen (secondary N) is 1. The summed E-state index contributed by atoms with van der Waals surface area (Å²) in [5.41, 5.74) is 1.33. The zero-order valence-corrected chi connectivity index (χ0v) is 12.7. The van der Waals surface area contributed by atoms with Gasteiger partial charge >= 0.3 is 0 Å². The Morgan fingerprint density at radius 1 is 1.38 bits per heavy atom. The Hall–Kier alpha value is -1.51. The summed E-state index contributed by atoms with van der Waals surface area (Å²) in [5, 5.41) is 12.6. The van der Waals surface area contributed by atoms with E-state index in [9.17, 15) is 4.79 Å². The highest BCUT2D eigenvalue weighted by atomic mass is 32.2. The van der Waals surface area contributed by atoms with Crippen LogP contribution in [0.25, 0.3) is 0 Å². The van der Waals surface area contributed by atoms with Crippen LogP contribution in [0.5, 0.6) is 0 Å². The second kappa shape index (κ2) is 6.50. The number of carbonyl (C=O) groups excluding carboxylic acids is 1. The highest BCUT2D eigenvalue weighted by molar-refractivity contribution is 8.00. The van der Waals surface area contributed by atoms with E-state index >= 15 is 0 Å². The van der Waals surface area contributed by atoms with E-state index in [2.05, 4.69) is 35.7 Å². The van der Waals surface area contributed by atoms with Crippen molar-refractivity contribution in [3.63, 3.8) is 0 Å². The summed E-state index contributed by atoms with van der Waals surface area (Å²) < 4.78 is 0. The molecule has 1 aromatic rings. The van der Waals surface area contributed by atoms with Gasteiger partial charge in [-0.2, -0.15) is 5.26 Å². The summed E-state index contributed by atoms with van der Waals surface area (Å²) >= 11 is 1.73. The standard InChI is InChI=1S/C16H19N3OS/c17-10-13-11-21-15-9-14(16(20)19(13)15)18-8-4-7-12-5-2-1-3-6-12/h1-3,5-6,13-15,18H,4,7-9,11H2/t13-,14-,15+/m1/s1. The quantitative estimate of drug-likeness (QED) is 0.842. The smallest absolute Gasteiger partial charge is 0.241 e. The predicted octanol–water partition coefficient (Wildman–Crippen LogP) is 1.77. The van der Waals surface area contributed by atoms with E-state index in [0.717, 1.165) is 31.6 Å². The molecule has 0 saturated carbocycles. The maximum atomic E-state index is 12.3. The molecule has 0 unspecified atom stereocenters. The molecule has 2 aliphatic rings. The summed E-state index contributed by atoms with van der Waals surface area (Å²) in [4.78, 5) is 14.1. The molecule has 2 fully saturated rings. The highest BCUT2D eigenvalue weighted by Crippen LogP contribution is 2.37. The monoisotopic (exact) mass is 301 g/mol. The van der Waals surface area contributed by atoms with E-state index in [0.29, 0.717) is 0 Å². The first-order chi connectivity index (χ1) is 10.3. The van der Waals surface area contributed by atoms with E-state index in [1.165, 1.54) is 5.56 Å². The molecule has 2 aliphatic heterocycles. The number of fused-ring (bicyclic) bond motifs is 1. The van der Waals surface area contributed by atoms with Crippen LogP contribution in [-0.2, 0) is 11.2 Å². The van der Waals surface area contributed by atoms with Gasteiger partial charge in [-0.25, -0.2) is 0 Å². The van der Waals surface area contributed by atoms with Gasteiger partial charge in [0, 0.05) is 12.2 Å². The van der Waals surface area contributed by atoms with Crippen molar-refractivity contribution in [3.8, 4) is 6.07 Å². The first-order valence-corrected chi connectivity index (χ1v) is 8.45. The molecule has 3 atom stereocenters. The number of carbonyl (C=O) groups is 1. The number of benzene rings is 1. The largest absolute Gasteiger partial charge is 0.312 e. The first kappa shape index (κ1) is 14.4. The molecule has 0 radical (unpaired) electrons. The average molecular weight is 301 g/mol. The molecule has 2 saturated heterocycles. The topological polar surface area (TPSA) is 56.1 Å². The molecule has 0 bridgehead atoms. The zero-order chi connectivity index (χ0) is 14.7. The first-order valence-electron chi connectivity index (χ1n) is 7.40. The van der Waals surface area contributed by atoms with E-state index in [1.54, 1.807) is 16.7 Å². The van der Waals surface area contributed by atoms with Crippen LogP contribution >= 0.6 is 11.8 Å². The lowest BCUT2D eigenvalue weighted by atomic mass is 10.1. The van der Waals surface area contributed by atoms with Crippen LogP contribution < -0.4 is 5.32 Å². The van der Waals surface area contributed by atoms with Crippen LogP contribution in [0.3, 0.4) is 0 Å². The maximum Gasteiger partial charge on any atom is 0.241 e. The Bertz CT molecular complexity index is 542. The number of hydrogen-bond donors (Lipinski definition) is 1. The number of nitriles is 1. The minimum absolute atomic E-state index is 0.102. The fourth-order valence-electron chi connectivity index (χ4n) is 3.01. The molecule has 0 aliphatic carbocycles. The number of nitrogens with zero attached hydrogens (tertiary/aromatic N) is 2. The molecule has 21 heavy (non-hydrogen) atoms. The Balaban J connectivity index is 1.45. The summed E-state index contributed by atoms with van der Waals surface area (Å²) in [5.74, 6) is 0.865. The highest BCUT2D eigenvalue weighted by Gasteiger charge is 2.47. The maximum absolute atomic E-state index is 12.3. The SMILES string of the molecule is N#C[C@@H]1CS[C@H]2C[C@@H](NCCCc3ccccc3)C(=O)N12. The van der Waals surface area contributed by atoms with Gasteiger partial charge in [0.05, 0.1) is 17.5 Å². The van der Waals surface area contributed by atoms with Gasteiger partial charge in [0.25, 0.3) is 0 Å². The third kappa shape index (κ3) is 3.07. The minimum Gasteiger partial charge on any atom is -0.312 e. The van der Waals surface area contributed by atoms with Crippen molar-refractivity contribution >= 4 is 17.7 Å². The molecule has 2 heterocycles. The Morgan fingerprint density at radius 3 is 2.95 bits per heavy atom. The van der Waals surface area contributed by atoms with E-state index < -0.39 is 0 Å². The number of rotatable bonds is 5. The molecule has 1 N–H and O–H groups in total. The van der Waals surface area contributed by atoms with Crippen molar-refractivity contribution in [2.45, 2.75) is 36.7 Å². The summed E-state index contributed by atoms with van der Waals surface area (Å²) in [6, 6.07) is 12.3. The average Bonchev–Trinajstić information content (AvgIpc) is 3.05. The second-order valence-corrected chi connectivity index (χ2v) is 6.72. The molecule has 1 aromatic carbocycles. The normalized spacial score (nSPS) is 27.7. The predicted molar refractivity (Wildman–Crippen MR) is 83.7 cm³/mol. The summed E-state index contributed by atoms with van der Waals surface area (Å²) in [6.45, 7) is 0.841. The number of thioether (sulfide) groups is 1. The Labute approximate surface area is 129 Å². The minimum atomic E-state index is -0.233. The lowest BCUT2D eigenvalue weighted by Crippen LogP contribution is -2.42. The number of hydrogen-bond acceptors (Lipinski definition) is 4. The van der Waals surface area contributed by atoms with Gasteiger partial charge in [0.2, 0.25) is 5.91 Å². The van der Waals surface area contributed by atoms with Crippen molar-refractivity contribution in [2.75, 3.05) is 12.3 Å². The third-order valence-electron chi connectivity index (χ3n) is 4.11. The van der Waals surface area contributed by atoms with Crippen LogP contribution in [0.1, 0.15) is 18.4 Å². The Morgan fingerprint density at radius 2 is 2.19 bits per heavy atom. The molecule has 1 amide bonds. The summed E-state index contributed by atoms with van der Waals surface area (Å²) in [6.07, 6.45) is 2.87. The van der Waals surface area contributed by atoms with Gasteiger partial charge in [-0.3, -0.25) is 4.79 Å². The number of aryl methyl sites for hydroxylation is 1. The van der Waals surface area contributed by atoms with Gasteiger partial charge in [-0.1, -0.05) is 30.3 Å². The van der Waals surface area contributed by atoms with Crippen molar-refractivity contribution in [3.05, 3.63) is 35.9 Å². The molecule has 4 nitrogen and oxygen atoms in total. The van der Waals surface area contributed by atoms with Crippen LogP contribution in [0, 0.1) is 11.3 Å². The van der Waals surface area contributed by atoms with Gasteiger partial charge in [0.1, 0.15) is 6.04 Å². The van der Waals surface area contributed by atoms with Gasteiger partial charge in [-0.15, -0.1) is 11.8 Å². The molecular formula is C16H19N3OS. The van der Waals surface area contributed by atoms with Crippen molar-refractivity contribution < 1.29 is 4.79 Å². The van der Waals surface area contributed by atoms with Gasteiger partial charge < -0.3 is 10.2 Å². The molecule has 3 rings (SSSR count). The number of amides is 1. The molecular weight excluding hydrogens is 282 g/mol. The zero-order valence-electron chi connectivity index (χ0n) is 11.9. The van der Waals surface area contributed by atoms with Crippen LogP contribution in [0.2, 0.25) is 0 Å². The molecule has 5 heteroatoms. The van der Waals surface area contributed by atoms with Crippen LogP contribution in [0.4, 0.5) is 0 Å². The molecule has 0 spiro atoms. The molecule has 110 valence electrons. The third-order valence-corrected chi connectivity index (χ3v) is 5.42. The van der Waals surface area contributed by atoms with Crippen molar-refractivity contribution in [2.24, 2.45) is 0 Å². The van der Waals surface area contributed by atoms with Crippen molar-refractivity contribution in [1.82, 2.24) is 10.2 Å². The van der Waals surface area contributed by atoms with Gasteiger partial charge in [-0.05, 0) is 24.9 Å². The molecule has 0 aromatic heterocycles. The lowest BCUT2D eigenvalue weighted by Gasteiger charge is -2.18. The van der Waals surface area contributed by atoms with E-state index in [-0.39, 0.29) is 23.4 Å². The van der Waals surface area contributed by atoms with Crippen LogP contribution in [-0.4, -0.2) is 40.6 Å². The van der Waals surface area contributed by atoms with E-state index in [1.807, 2.05) is 6.07 Å². The fourth-order valence-corrected chi connectivity index (χ4v) is 4.39.